The number of hydrogen-bond donors (Lipinski definition) is 2. The standard InChI is InChI=1S/C26H31N5O5/c1-26(20-4-3-5-21(15-20)35-2)24(33)31(25(34)27-26)28-23(32)17-30-11-9-29(10-12-30)16-18-6-7-22-19(14-18)8-13-36-22/h3-7,14-15H,8-13,16-17H2,1-2H3,(H,27,34)(H,28,32). The van der Waals surface area contributed by atoms with Crippen LogP contribution in [0.2, 0.25) is 0 Å². The Morgan fingerprint density at radius 2 is 1.89 bits per heavy atom. The lowest BCUT2D eigenvalue weighted by Crippen LogP contribution is -2.53. The smallest absolute Gasteiger partial charge is 0.344 e. The zero-order valence-corrected chi connectivity index (χ0v) is 20.6. The zero-order valence-electron chi connectivity index (χ0n) is 20.6. The van der Waals surface area contributed by atoms with Gasteiger partial charge in [-0.25, -0.2) is 4.79 Å². The molecule has 5 rings (SSSR count). The van der Waals surface area contributed by atoms with E-state index in [1.54, 1.807) is 31.2 Å². The van der Waals surface area contributed by atoms with Gasteiger partial charge in [0.2, 0.25) is 0 Å². The average molecular weight is 494 g/mol. The number of hydrazine groups is 1. The third kappa shape index (κ3) is 4.74. The third-order valence-electron chi connectivity index (χ3n) is 7.07. The predicted octanol–water partition coefficient (Wildman–Crippen LogP) is 1.25. The van der Waals surface area contributed by atoms with Crippen molar-refractivity contribution in [1.29, 1.82) is 0 Å². The molecule has 2 aromatic carbocycles. The minimum Gasteiger partial charge on any atom is -0.497 e. The highest BCUT2D eigenvalue weighted by Gasteiger charge is 2.50. The first-order valence-electron chi connectivity index (χ1n) is 12.2. The van der Waals surface area contributed by atoms with Crippen molar-refractivity contribution in [2.45, 2.75) is 25.4 Å². The number of hydrogen-bond acceptors (Lipinski definition) is 7. The van der Waals surface area contributed by atoms with Gasteiger partial charge < -0.3 is 14.8 Å². The van der Waals surface area contributed by atoms with Crippen LogP contribution in [0.1, 0.15) is 23.6 Å². The lowest BCUT2D eigenvalue weighted by atomic mass is 9.92. The van der Waals surface area contributed by atoms with Crippen LogP contribution in [0.25, 0.3) is 0 Å². The fourth-order valence-corrected chi connectivity index (χ4v) is 4.94. The fraction of sp³-hybridized carbons (Fsp3) is 0.423. The number of carbonyl (C=O) groups is 3. The molecule has 36 heavy (non-hydrogen) atoms. The summed E-state index contributed by atoms with van der Waals surface area (Å²) in [5.41, 5.74) is 4.30. The number of fused-ring (bicyclic) bond motifs is 1. The molecule has 0 aliphatic carbocycles. The molecule has 1 unspecified atom stereocenters. The van der Waals surface area contributed by atoms with E-state index in [0.29, 0.717) is 11.3 Å². The normalized spacial score (nSPS) is 22.2. The lowest BCUT2D eigenvalue weighted by Gasteiger charge is -2.34. The van der Waals surface area contributed by atoms with E-state index in [1.807, 2.05) is 11.0 Å². The first-order valence-corrected chi connectivity index (χ1v) is 12.2. The molecular formula is C26H31N5O5. The molecule has 0 saturated carbocycles. The molecule has 3 aliphatic heterocycles. The van der Waals surface area contributed by atoms with Gasteiger partial charge in [-0.05, 0) is 41.8 Å². The van der Waals surface area contributed by atoms with Crippen LogP contribution in [0.3, 0.4) is 0 Å². The Morgan fingerprint density at radius 1 is 1.11 bits per heavy atom. The summed E-state index contributed by atoms with van der Waals surface area (Å²) < 4.78 is 10.8. The second-order valence-electron chi connectivity index (χ2n) is 9.56. The molecule has 2 fully saturated rings. The number of urea groups is 1. The molecule has 3 aliphatic rings. The molecule has 190 valence electrons. The molecular weight excluding hydrogens is 462 g/mol. The van der Waals surface area contributed by atoms with Gasteiger partial charge in [-0.2, -0.15) is 5.01 Å². The first kappa shape index (κ1) is 24.1. The largest absolute Gasteiger partial charge is 0.497 e. The molecule has 10 nitrogen and oxygen atoms in total. The molecule has 2 saturated heterocycles. The Bertz CT molecular complexity index is 1180. The number of nitrogens with zero attached hydrogens (tertiary/aromatic N) is 3. The number of carbonyl (C=O) groups excluding carboxylic acids is 3. The van der Waals surface area contributed by atoms with Crippen molar-refractivity contribution in [3.05, 3.63) is 59.2 Å². The lowest BCUT2D eigenvalue weighted by molar-refractivity contribution is -0.139. The monoisotopic (exact) mass is 493 g/mol. The van der Waals surface area contributed by atoms with Crippen LogP contribution in [0.4, 0.5) is 4.79 Å². The highest BCUT2D eigenvalue weighted by molar-refractivity contribution is 6.08. The quantitative estimate of drug-likeness (QED) is 0.560. The molecule has 2 aromatic rings. The summed E-state index contributed by atoms with van der Waals surface area (Å²) in [6.07, 6.45) is 0.961. The van der Waals surface area contributed by atoms with Gasteiger partial charge in [-0.3, -0.25) is 24.8 Å². The summed E-state index contributed by atoms with van der Waals surface area (Å²) in [7, 11) is 1.53. The van der Waals surface area contributed by atoms with E-state index in [4.69, 9.17) is 9.47 Å². The molecule has 0 spiro atoms. The van der Waals surface area contributed by atoms with Gasteiger partial charge in [0, 0.05) is 39.1 Å². The third-order valence-corrected chi connectivity index (χ3v) is 7.07. The topological polar surface area (TPSA) is 103 Å². The van der Waals surface area contributed by atoms with Crippen LogP contribution in [0, 0.1) is 0 Å². The fourth-order valence-electron chi connectivity index (χ4n) is 4.94. The van der Waals surface area contributed by atoms with Gasteiger partial charge in [0.15, 0.2) is 0 Å². The average Bonchev–Trinajstić information content (AvgIpc) is 3.43. The van der Waals surface area contributed by atoms with Crippen LogP contribution < -0.4 is 20.2 Å². The molecule has 0 aromatic heterocycles. The Morgan fingerprint density at radius 3 is 2.67 bits per heavy atom. The summed E-state index contributed by atoms with van der Waals surface area (Å²) in [6.45, 7) is 6.45. The summed E-state index contributed by atoms with van der Waals surface area (Å²) in [5.74, 6) is 0.616. The summed E-state index contributed by atoms with van der Waals surface area (Å²) >= 11 is 0. The van der Waals surface area contributed by atoms with E-state index in [1.165, 1.54) is 18.2 Å². The summed E-state index contributed by atoms with van der Waals surface area (Å²) in [4.78, 5) is 42.8. The van der Waals surface area contributed by atoms with Gasteiger partial charge in [0.25, 0.3) is 11.8 Å². The van der Waals surface area contributed by atoms with Gasteiger partial charge >= 0.3 is 6.03 Å². The Hall–Kier alpha value is -3.63. The zero-order chi connectivity index (χ0) is 25.3. The number of benzene rings is 2. The van der Waals surface area contributed by atoms with Gasteiger partial charge in [-0.1, -0.05) is 24.3 Å². The van der Waals surface area contributed by atoms with Crippen LogP contribution in [-0.2, 0) is 28.1 Å². The van der Waals surface area contributed by atoms with Crippen molar-refractivity contribution in [3.63, 3.8) is 0 Å². The van der Waals surface area contributed by atoms with Gasteiger partial charge in [0.05, 0.1) is 20.3 Å². The summed E-state index contributed by atoms with van der Waals surface area (Å²) in [6, 6.07) is 12.7. The minimum absolute atomic E-state index is 0.108. The van der Waals surface area contributed by atoms with Crippen molar-refractivity contribution in [2.75, 3.05) is 46.4 Å². The minimum atomic E-state index is -1.30. The molecule has 10 heteroatoms. The maximum absolute atomic E-state index is 13.1. The molecule has 2 N–H and O–H groups in total. The molecule has 1 atom stereocenters. The number of rotatable bonds is 7. The second kappa shape index (κ2) is 9.79. The predicted molar refractivity (Wildman–Crippen MR) is 131 cm³/mol. The van der Waals surface area contributed by atoms with Crippen molar-refractivity contribution in [3.8, 4) is 11.5 Å². The van der Waals surface area contributed by atoms with E-state index >= 15 is 0 Å². The number of amides is 4. The van der Waals surface area contributed by atoms with Crippen LogP contribution in [0.15, 0.2) is 42.5 Å². The number of methoxy groups -OCH3 is 1. The Labute approximate surface area is 210 Å². The highest BCUT2D eigenvalue weighted by atomic mass is 16.5. The van der Waals surface area contributed by atoms with E-state index in [9.17, 15) is 14.4 Å². The van der Waals surface area contributed by atoms with E-state index in [0.717, 1.165) is 56.5 Å². The second-order valence-corrected chi connectivity index (χ2v) is 9.56. The van der Waals surface area contributed by atoms with Crippen molar-refractivity contribution < 1.29 is 23.9 Å². The van der Waals surface area contributed by atoms with Crippen LogP contribution in [0.5, 0.6) is 11.5 Å². The van der Waals surface area contributed by atoms with Crippen molar-refractivity contribution >= 4 is 17.8 Å². The van der Waals surface area contributed by atoms with Crippen molar-refractivity contribution in [1.82, 2.24) is 25.6 Å². The summed E-state index contributed by atoms with van der Waals surface area (Å²) in [5, 5.41) is 3.46. The molecule has 0 bridgehead atoms. The Balaban J connectivity index is 1.12. The van der Waals surface area contributed by atoms with Crippen LogP contribution >= 0.6 is 0 Å². The van der Waals surface area contributed by atoms with Crippen LogP contribution in [-0.4, -0.2) is 79.1 Å². The SMILES string of the molecule is COc1cccc(C2(C)NC(=O)N(NC(=O)CN3CCN(Cc4ccc5c(c4)CCO5)CC3)C2=O)c1. The number of piperazine rings is 1. The molecule has 3 heterocycles. The number of nitrogens with one attached hydrogen (secondary N) is 2. The van der Waals surface area contributed by atoms with E-state index in [-0.39, 0.29) is 6.54 Å². The first-order chi connectivity index (χ1) is 17.4. The molecule has 4 amide bonds. The number of imide groups is 1. The number of ether oxygens (including phenoxy) is 2. The van der Waals surface area contributed by atoms with Crippen molar-refractivity contribution in [2.24, 2.45) is 0 Å². The maximum atomic E-state index is 13.1. The molecule has 0 radical (unpaired) electrons. The van der Waals surface area contributed by atoms with Gasteiger partial charge in [-0.15, -0.1) is 0 Å². The van der Waals surface area contributed by atoms with Gasteiger partial charge in [0.1, 0.15) is 17.0 Å². The Kier molecular flexibility index (Phi) is 6.55. The maximum Gasteiger partial charge on any atom is 0.344 e. The van der Waals surface area contributed by atoms with E-state index < -0.39 is 23.4 Å². The van der Waals surface area contributed by atoms with E-state index in [2.05, 4.69) is 27.8 Å². The highest BCUT2D eigenvalue weighted by Crippen LogP contribution is 2.30.